The first kappa shape index (κ1) is 7.74. The number of fused-ring (bicyclic) bond motifs is 1. The molecule has 0 radical (unpaired) electrons. The topological polar surface area (TPSA) is 104 Å². The van der Waals surface area contributed by atoms with Gasteiger partial charge in [0.1, 0.15) is 5.65 Å². The maximum Gasteiger partial charge on any atom is 0.348 e. The molecule has 0 aliphatic heterocycles. The van der Waals surface area contributed by atoms with E-state index in [1.54, 1.807) is 13.2 Å². The lowest BCUT2D eigenvalue weighted by atomic mass is 10.4. The second-order valence-electron chi connectivity index (χ2n) is 2.64. The molecule has 2 aromatic rings. The highest BCUT2D eigenvalue weighted by Gasteiger charge is 2.07. The number of aromatic amines is 2. The van der Waals surface area contributed by atoms with E-state index in [4.69, 9.17) is 5.84 Å². The molecule has 0 bridgehead atoms. The Morgan fingerprint density at radius 1 is 1.62 bits per heavy atom. The number of rotatable bonds is 1. The van der Waals surface area contributed by atoms with Gasteiger partial charge in [-0.25, -0.2) is 10.6 Å². The quantitative estimate of drug-likeness (QED) is 0.384. The summed E-state index contributed by atoms with van der Waals surface area (Å²) in [5, 5.41) is 8.35. The van der Waals surface area contributed by atoms with Gasteiger partial charge in [-0.2, -0.15) is 10.1 Å². The summed E-state index contributed by atoms with van der Waals surface area (Å²) in [4.78, 5) is 17.2. The van der Waals surface area contributed by atoms with E-state index in [9.17, 15) is 4.79 Å². The van der Waals surface area contributed by atoms with E-state index in [0.29, 0.717) is 16.9 Å². The molecule has 0 saturated carbocycles. The van der Waals surface area contributed by atoms with Crippen LogP contribution in [0.1, 0.15) is 0 Å². The number of nitrogens with one attached hydrogen (secondary N) is 2. The molecule has 0 fully saturated rings. The standard InChI is InChI=1S/C6H8N6O/c1-12(7)5-3-2-8-11-4(3)9-6(13)10-5/h2H,7H2,1H3,(H2,8,9,10,11,13). The van der Waals surface area contributed by atoms with E-state index in [0.717, 1.165) is 0 Å². The van der Waals surface area contributed by atoms with Gasteiger partial charge in [-0.1, -0.05) is 0 Å². The minimum absolute atomic E-state index is 0.396. The van der Waals surface area contributed by atoms with Gasteiger partial charge in [0.05, 0.1) is 11.6 Å². The Morgan fingerprint density at radius 2 is 2.38 bits per heavy atom. The summed E-state index contributed by atoms with van der Waals surface area (Å²) >= 11 is 0. The number of anilines is 1. The molecule has 0 unspecified atom stereocenters. The van der Waals surface area contributed by atoms with Crippen LogP contribution in [0.15, 0.2) is 11.0 Å². The Bertz CT molecular complexity index is 483. The van der Waals surface area contributed by atoms with E-state index in [2.05, 4.69) is 20.2 Å². The molecule has 2 heterocycles. The molecule has 4 N–H and O–H groups in total. The Morgan fingerprint density at radius 3 is 3.08 bits per heavy atom. The number of hydrogen-bond donors (Lipinski definition) is 3. The first-order valence-electron chi connectivity index (χ1n) is 3.60. The highest BCUT2D eigenvalue weighted by Crippen LogP contribution is 2.15. The van der Waals surface area contributed by atoms with Crippen LogP contribution in [0.5, 0.6) is 0 Å². The second-order valence-corrected chi connectivity index (χ2v) is 2.64. The zero-order valence-corrected chi connectivity index (χ0v) is 6.90. The average Bonchev–Trinajstić information content (AvgIpc) is 2.49. The molecule has 68 valence electrons. The number of nitrogens with zero attached hydrogens (tertiary/aromatic N) is 3. The van der Waals surface area contributed by atoms with Crippen LogP contribution < -0.4 is 16.5 Å². The van der Waals surface area contributed by atoms with Crippen molar-refractivity contribution in [2.24, 2.45) is 5.84 Å². The van der Waals surface area contributed by atoms with Crippen LogP contribution in [0.4, 0.5) is 5.82 Å². The van der Waals surface area contributed by atoms with Gasteiger partial charge < -0.3 is 0 Å². The fourth-order valence-electron chi connectivity index (χ4n) is 1.11. The lowest BCUT2D eigenvalue weighted by molar-refractivity contribution is 0.958. The maximum absolute atomic E-state index is 11.0. The van der Waals surface area contributed by atoms with Crippen LogP contribution in [-0.4, -0.2) is 27.2 Å². The molecule has 0 spiro atoms. The Labute approximate surface area is 72.5 Å². The molecular weight excluding hydrogens is 172 g/mol. The number of hydrazine groups is 1. The van der Waals surface area contributed by atoms with Crippen molar-refractivity contribution in [3.05, 3.63) is 16.7 Å². The third kappa shape index (κ3) is 1.14. The zero-order valence-electron chi connectivity index (χ0n) is 6.90. The van der Waals surface area contributed by atoms with Gasteiger partial charge in [-0.15, -0.1) is 0 Å². The molecule has 0 aliphatic carbocycles. The van der Waals surface area contributed by atoms with Crippen molar-refractivity contribution >= 4 is 16.9 Å². The van der Waals surface area contributed by atoms with Crippen LogP contribution >= 0.6 is 0 Å². The first-order valence-corrected chi connectivity index (χ1v) is 3.60. The van der Waals surface area contributed by atoms with Crippen molar-refractivity contribution in [3.8, 4) is 0 Å². The third-order valence-electron chi connectivity index (χ3n) is 1.65. The highest BCUT2D eigenvalue weighted by atomic mass is 16.1. The summed E-state index contributed by atoms with van der Waals surface area (Å²) in [6.07, 6.45) is 1.55. The van der Waals surface area contributed by atoms with E-state index < -0.39 is 5.69 Å². The minimum Gasteiger partial charge on any atom is -0.297 e. The van der Waals surface area contributed by atoms with Gasteiger partial charge in [0, 0.05) is 7.05 Å². The van der Waals surface area contributed by atoms with Gasteiger partial charge in [0.25, 0.3) is 0 Å². The van der Waals surface area contributed by atoms with Crippen LogP contribution in [-0.2, 0) is 0 Å². The van der Waals surface area contributed by atoms with Gasteiger partial charge in [0.2, 0.25) is 0 Å². The zero-order chi connectivity index (χ0) is 9.42. The summed E-state index contributed by atoms with van der Waals surface area (Å²) in [5.41, 5.74) is 0.0661. The molecule has 7 nitrogen and oxygen atoms in total. The molecule has 13 heavy (non-hydrogen) atoms. The Hall–Kier alpha value is -1.89. The number of nitrogens with two attached hydrogens (primary N) is 1. The predicted octanol–water partition coefficient (Wildman–Crippen LogP) is -1.04. The van der Waals surface area contributed by atoms with E-state index >= 15 is 0 Å². The van der Waals surface area contributed by atoms with E-state index in [1.807, 2.05) is 0 Å². The molecule has 0 saturated heterocycles. The minimum atomic E-state index is -0.455. The van der Waals surface area contributed by atoms with Gasteiger partial charge >= 0.3 is 5.69 Å². The smallest absolute Gasteiger partial charge is 0.297 e. The normalized spacial score (nSPS) is 10.6. The largest absolute Gasteiger partial charge is 0.348 e. The molecule has 2 aromatic heterocycles. The molecule has 0 aliphatic rings. The summed E-state index contributed by atoms with van der Waals surface area (Å²) in [5.74, 6) is 5.88. The summed E-state index contributed by atoms with van der Waals surface area (Å²) < 4.78 is 0. The Balaban J connectivity index is 2.85. The van der Waals surface area contributed by atoms with Crippen molar-refractivity contribution in [1.82, 2.24) is 20.2 Å². The Kier molecular flexibility index (Phi) is 1.52. The number of hydrogen-bond acceptors (Lipinski definition) is 5. The highest BCUT2D eigenvalue weighted by molar-refractivity contribution is 5.85. The van der Waals surface area contributed by atoms with Crippen LogP contribution in [0.2, 0.25) is 0 Å². The van der Waals surface area contributed by atoms with Crippen molar-refractivity contribution in [2.75, 3.05) is 12.1 Å². The van der Waals surface area contributed by atoms with Crippen LogP contribution in [0.3, 0.4) is 0 Å². The summed E-state index contributed by atoms with van der Waals surface area (Å²) in [7, 11) is 1.61. The van der Waals surface area contributed by atoms with Crippen LogP contribution in [0, 0.1) is 0 Å². The number of aromatic nitrogens is 4. The molecular formula is C6H8N6O. The van der Waals surface area contributed by atoms with Crippen molar-refractivity contribution in [2.45, 2.75) is 0 Å². The van der Waals surface area contributed by atoms with Crippen molar-refractivity contribution < 1.29 is 0 Å². The average molecular weight is 180 g/mol. The summed E-state index contributed by atoms with van der Waals surface area (Å²) in [6, 6.07) is 0. The molecule has 0 amide bonds. The molecule has 0 aromatic carbocycles. The lowest BCUT2D eigenvalue weighted by Gasteiger charge is -2.09. The molecule has 7 heteroatoms. The second kappa shape index (κ2) is 2.56. The third-order valence-corrected chi connectivity index (χ3v) is 1.65. The maximum atomic E-state index is 11.0. The fraction of sp³-hybridized carbons (Fsp3) is 0.167. The van der Waals surface area contributed by atoms with E-state index in [-0.39, 0.29) is 0 Å². The number of H-pyrrole nitrogens is 2. The predicted molar refractivity (Wildman–Crippen MR) is 47.1 cm³/mol. The fourth-order valence-corrected chi connectivity index (χ4v) is 1.11. The van der Waals surface area contributed by atoms with E-state index in [1.165, 1.54) is 5.01 Å². The monoisotopic (exact) mass is 180 g/mol. The van der Waals surface area contributed by atoms with Crippen molar-refractivity contribution in [3.63, 3.8) is 0 Å². The first-order chi connectivity index (χ1) is 6.18. The SMILES string of the molecule is CN(N)c1nc(=O)[nH]c2[nH]ncc12. The lowest BCUT2D eigenvalue weighted by Crippen LogP contribution is -2.28. The molecule has 0 atom stereocenters. The van der Waals surface area contributed by atoms with Gasteiger partial charge in [0.15, 0.2) is 5.82 Å². The van der Waals surface area contributed by atoms with Crippen LogP contribution in [0.25, 0.3) is 11.0 Å². The van der Waals surface area contributed by atoms with Gasteiger partial charge in [-0.3, -0.25) is 15.1 Å². The van der Waals surface area contributed by atoms with Crippen molar-refractivity contribution in [1.29, 1.82) is 0 Å². The van der Waals surface area contributed by atoms with Gasteiger partial charge in [-0.05, 0) is 0 Å². The molecule has 2 rings (SSSR count). The summed E-state index contributed by atoms with van der Waals surface area (Å²) in [6.45, 7) is 0.